The van der Waals surface area contributed by atoms with Gasteiger partial charge in [0.05, 0.1) is 24.0 Å². The molecule has 1 N–H and O–H groups in total. The van der Waals surface area contributed by atoms with E-state index < -0.39 is 11.6 Å². The third kappa shape index (κ3) is 3.85. The molecule has 0 aliphatic carbocycles. The van der Waals surface area contributed by atoms with E-state index in [1.165, 1.54) is 0 Å². The van der Waals surface area contributed by atoms with Crippen molar-refractivity contribution >= 4 is 17.5 Å². The molecule has 1 saturated heterocycles. The van der Waals surface area contributed by atoms with Gasteiger partial charge in [-0.3, -0.25) is 14.3 Å². The summed E-state index contributed by atoms with van der Waals surface area (Å²) in [7, 11) is 3.87. The van der Waals surface area contributed by atoms with E-state index in [2.05, 4.69) is 22.4 Å². The van der Waals surface area contributed by atoms with Crippen molar-refractivity contribution in [2.75, 3.05) is 32.0 Å². The van der Waals surface area contributed by atoms with Gasteiger partial charge in [-0.1, -0.05) is 12.1 Å². The summed E-state index contributed by atoms with van der Waals surface area (Å²) in [5.41, 5.74) is 0.624. The van der Waals surface area contributed by atoms with Crippen LogP contribution < -0.4 is 10.1 Å². The summed E-state index contributed by atoms with van der Waals surface area (Å²) >= 11 is 0. The fraction of sp³-hybridized carbons (Fsp3) is 0.476. The molecule has 1 unspecified atom stereocenters. The van der Waals surface area contributed by atoms with E-state index in [4.69, 9.17) is 4.74 Å². The number of amides is 2. The van der Waals surface area contributed by atoms with Gasteiger partial charge in [-0.25, -0.2) is 0 Å². The van der Waals surface area contributed by atoms with Crippen LogP contribution in [0.25, 0.3) is 0 Å². The van der Waals surface area contributed by atoms with Crippen LogP contribution in [0.4, 0.5) is 5.69 Å². The third-order valence-electron chi connectivity index (χ3n) is 5.88. The number of piperidine rings is 1. The maximum absolute atomic E-state index is 13.4. The van der Waals surface area contributed by atoms with E-state index in [-0.39, 0.29) is 11.8 Å². The van der Waals surface area contributed by atoms with E-state index in [0.29, 0.717) is 23.5 Å². The van der Waals surface area contributed by atoms with Crippen LogP contribution in [0.1, 0.15) is 30.1 Å². The maximum Gasteiger partial charge on any atom is 0.258 e. The Bertz CT molecular complexity index is 917. The Morgan fingerprint density at radius 1 is 1.24 bits per heavy atom. The molecular formula is C21H27N5O3. The van der Waals surface area contributed by atoms with Crippen molar-refractivity contribution in [3.05, 3.63) is 42.2 Å². The second kappa shape index (κ2) is 7.51. The van der Waals surface area contributed by atoms with E-state index in [9.17, 15) is 9.59 Å². The lowest BCUT2D eigenvalue weighted by atomic mass is 9.90. The normalized spacial score (nSPS) is 20.0. The molecule has 1 aromatic carbocycles. The zero-order valence-electron chi connectivity index (χ0n) is 17.1. The number of nitrogens with one attached hydrogen (secondary N) is 1. The summed E-state index contributed by atoms with van der Waals surface area (Å²) in [5, 5.41) is 6.93. The van der Waals surface area contributed by atoms with E-state index >= 15 is 0 Å². The van der Waals surface area contributed by atoms with Crippen LogP contribution >= 0.6 is 0 Å². The SMILES string of the molecule is CC(C(=O)Nc1cnn(C)c1)N1CC2(CCN(C)CC2)Oc2ccccc2C1=O. The Labute approximate surface area is 170 Å². The highest BCUT2D eigenvalue weighted by Gasteiger charge is 2.44. The second-order valence-corrected chi connectivity index (χ2v) is 8.09. The summed E-state index contributed by atoms with van der Waals surface area (Å²) in [6, 6.07) is 6.67. The smallest absolute Gasteiger partial charge is 0.258 e. The highest BCUT2D eigenvalue weighted by Crippen LogP contribution is 2.36. The number of para-hydroxylation sites is 1. The number of aryl methyl sites for hydroxylation is 1. The van der Waals surface area contributed by atoms with Gasteiger partial charge < -0.3 is 19.9 Å². The number of hydrogen-bond donors (Lipinski definition) is 1. The lowest BCUT2D eigenvalue weighted by Gasteiger charge is -2.42. The van der Waals surface area contributed by atoms with Gasteiger partial charge >= 0.3 is 0 Å². The first-order chi connectivity index (χ1) is 13.9. The minimum absolute atomic E-state index is 0.176. The van der Waals surface area contributed by atoms with Crippen LogP contribution in [0.5, 0.6) is 5.75 Å². The lowest BCUT2D eigenvalue weighted by molar-refractivity contribution is -0.121. The van der Waals surface area contributed by atoms with Crippen molar-refractivity contribution in [2.45, 2.75) is 31.4 Å². The molecule has 3 heterocycles. The number of nitrogens with zero attached hydrogens (tertiary/aromatic N) is 4. The van der Waals surface area contributed by atoms with Gasteiger partial charge in [-0.2, -0.15) is 5.10 Å². The minimum atomic E-state index is -0.644. The van der Waals surface area contributed by atoms with Crippen LogP contribution in [-0.2, 0) is 11.8 Å². The van der Waals surface area contributed by atoms with Crippen molar-refractivity contribution in [3.8, 4) is 5.75 Å². The van der Waals surface area contributed by atoms with Gasteiger partial charge in [0.2, 0.25) is 5.91 Å². The van der Waals surface area contributed by atoms with Crippen LogP contribution in [0.2, 0.25) is 0 Å². The molecule has 0 radical (unpaired) electrons. The quantitative estimate of drug-likeness (QED) is 0.854. The molecule has 1 spiro atoms. The van der Waals surface area contributed by atoms with Crippen molar-refractivity contribution in [2.24, 2.45) is 7.05 Å². The number of likely N-dealkylation sites (tertiary alicyclic amines) is 1. The predicted molar refractivity (Wildman–Crippen MR) is 109 cm³/mol. The molecule has 2 aliphatic heterocycles. The summed E-state index contributed by atoms with van der Waals surface area (Å²) in [4.78, 5) is 30.2. The zero-order valence-corrected chi connectivity index (χ0v) is 17.1. The van der Waals surface area contributed by atoms with Crippen LogP contribution in [-0.4, -0.2) is 69.7 Å². The Balaban J connectivity index is 1.63. The first kappa shape index (κ1) is 19.4. The van der Waals surface area contributed by atoms with Crippen molar-refractivity contribution in [1.82, 2.24) is 19.6 Å². The van der Waals surface area contributed by atoms with E-state index in [1.807, 2.05) is 18.2 Å². The van der Waals surface area contributed by atoms with Gasteiger partial charge in [0.1, 0.15) is 17.4 Å². The van der Waals surface area contributed by atoms with Crippen molar-refractivity contribution in [3.63, 3.8) is 0 Å². The topological polar surface area (TPSA) is 79.7 Å². The van der Waals surface area contributed by atoms with Crippen LogP contribution in [0.15, 0.2) is 36.7 Å². The predicted octanol–water partition coefficient (Wildman–Crippen LogP) is 1.75. The number of carbonyl (C=O) groups is 2. The molecule has 1 aromatic heterocycles. The monoisotopic (exact) mass is 397 g/mol. The average molecular weight is 397 g/mol. The maximum atomic E-state index is 13.4. The molecule has 8 heteroatoms. The molecule has 154 valence electrons. The molecule has 0 bridgehead atoms. The van der Waals surface area contributed by atoms with Gasteiger partial charge in [-0.15, -0.1) is 0 Å². The number of hydrogen-bond acceptors (Lipinski definition) is 5. The molecule has 29 heavy (non-hydrogen) atoms. The van der Waals surface area contributed by atoms with Crippen molar-refractivity contribution < 1.29 is 14.3 Å². The highest BCUT2D eigenvalue weighted by atomic mass is 16.5. The number of fused-ring (bicyclic) bond motifs is 1. The number of rotatable bonds is 3. The van der Waals surface area contributed by atoms with Crippen LogP contribution in [0, 0.1) is 0 Å². The average Bonchev–Trinajstić information content (AvgIpc) is 3.07. The number of anilines is 1. The standard InChI is InChI=1S/C21H27N5O3/c1-15(19(27)23-16-12-22-25(3)13-16)26-14-21(8-10-24(2)11-9-21)29-18-7-5-4-6-17(18)20(26)28/h4-7,12-13,15H,8-11,14H2,1-3H3,(H,23,27). The first-order valence-corrected chi connectivity index (χ1v) is 9.94. The molecule has 1 fully saturated rings. The van der Waals surface area contributed by atoms with Crippen molar-refractivity contribution in [1.29, 1.82) is 0 Å². The summed E-state index contributed by atoms with van der Waals surface area (Å²) in [5.74, 6) is 0.184. The van der Waals surface area contributed by atoms with Gasteiger partial charge in [0, 0.05) is 39.2 Å². The lowest BCUT2D eigenvalue weighted by Crippen LogP contribution is -2.56. The number of benzene rings is 1. The zero-order chi connectivity index (χ0) is 20.6. The highest BCUT2D eigenvalue weighted by molar-refractivity contribution is 6.02. The second-order valence-electron chi connectivity index (χ2n) is 8.09. The third-order valence-corrected chi connectivity index (χ3v) is 5.88. The number of carbonyl (C=O) groups excluding carboxylic acids is 2. The Morgan fingerprint density at radius 2 is 1.97 bits per heavy atom. The number of ether oxygens (including phenoxy) is 1. The summed E-state index contributed by atoms with van der Waals surface area (Å²) in [6.45, 7) is 3.93. The molecular weight excluding hydrogens is 370 g/mol. The minimum Gasteiger partial charge on any atom is -0.484 e. The summed E-state index contributed by atoms with van der Waals surface area (Å²) in [6.07, 6.45) is 4.93. The molecule has 8 nitrogen and oxygen atoms in total. The van der Waals surface area contributed by atoms with Gasteiger partial charge in [0.25, 0.3) is 5.91 Å². The molecule has 2 amide bonds. The van der Waals surface area contributed by atoms with Gasteiger partial charge in [-0.05, 0) is 26.1 Å². The number of aromatic nitrogens is 2. The fourth-order valence-corrected chi connectivity index (χ4v) is 4.01. The first-order valence-electron chi connectivity index (χ1n) is 9.94. The Morgan fingerprint density at radius 3 is 2.66 bits per heavy atom. The van der Waals surface area contributed by atoms with Crippen LogP contribution in [0.3, 0.4) is 0 Å². The van der Waals surface area contributed by atoms with E-state index in [1.54, 1.807) is 42.0 Å². The molecule has 2 aliphatic rings. The molecule has 4 rings (SSSR count). The molecule has 1 atom stereocenters. The Hall–Kier alpha value is -2.87. The summed E-state index contributed by atoms with van der Waals surface area (Å²) < 4.78 is 8.07. The van der Waals surface area contributed by atoms with Gasteiger partial charge in [0.15, 0.2) is 0 Å². The van der Waals surface area contributed by atoms with E-state index in [0.717, 1.165) is 25.9 Å². The fourth-order valence-electron chi connectivity index (χ4n) is 4.01. The Kier molecular flexibility index (Phi) is 5.04. The molecule has 0 saturated carbocycles. The molecule has 2 aromatic rings. The largest absolute Gasteiger partial charge is 0.484 e.